The van der Waals surface area contributed by atoms with Crippen LogP contribution < -0.4 is 10.1 Å². The van der Waals surface area contributed by atoms with Crippen molar-refractivity contribution in [1.29, 1.82) is 0 Å². The maximum Gasteiger partial charge on any atom is 0.313 e. The van der Waals surface area contributed by atoms with Gasteiger partial charge in [-0.05, 0) is 30.2 Å². The van der Waals surface area contributed by atoms with Gasteiger partial charge in [-0.25, -0.2) is 0 Å². The van der Waals surface area contributed by atoms with E-state index in [2.05, 4.69) is 5.32 Å². The molecule has 0 aromatic heterocycles. The lowest BCUT2D eigenvalue weighted by Crippen LogP contribution is -2.29. The monoisotopic (exact) mass is 331 g/mol. The van der Waals surface area contributed by atoms with Crippen LogP contribution in [0.15, 0.2) is 48.5 Å². The first kappa shape index (κ1) is 17.0. The minimum absolute atomic E-state index is 0.0217. The number of amides is 1. The van der Waals surface area contributed by atoms with Gasteiger partial charge in [-0.2, -0.15) is 0 Å². The number of hydrogen-bond donors (Lipinski definition) is 1. The molecule has 0 spiro atoms. The van der Waals surface area contributed by atoms with Crippen molar-refractivity contribution in [3.63, 3.8) is 0 Å². The first-order chi connectivity index (χ1) is 11.0. The molecule has 0 saturated carbocycles. The molecule has 1 N–H and O–H groups in total. The normalized spacial score (nSPS) is 11.6. The Labute approximate surface area is 140 Å². The van der Waals surface area contributed by atoms with Gasteiger partial charge in [0.2, 0.25) is 5.91 Å². The minimum Gasteiger partial charge on any atom is -0.425 e. The summed E-state index contributed by atoms with van der Waals surface area (Å²) in [5, 5.41) is 3.14. The summed E-state index contributed by atoms with van der Waals surface area (Å²) in [4.78, 5) is 23.6. The van der Waals surface area contributed by atoms with E-state index in [9.17, 15) is 9.59 Å². The number of nitrogens with one attached hydrogen (secondary N) is 1. The molecule has 0 radical (unpaired) electrons. The number of hydrogen-bond acceptors (Lipinski definition) is 3. The Morgan fingerprint density at radius 3 is 2.52 bits per heavy atom. The van der Waals surface area contributed by atoms with Gasteiger partial charge >= 0.3 is 5.97 Å². The van der Waals surface area contributed by atoms with Crippen LogP contribution in [0.1, 0.15) is 30.5 Å². The first-order valence-electron chi connectivity index (χ1n) is 7.24. The standard InChI is InChI=1S/C18H18ClNO3/c1-12-8-9-15(19)17(10-12)23-18(22)11-16(20-13(2)21)14-6-4-3-5-7-14/h3-10,16H,11H2,1-2H3,(H,20,21)/t16-/m0/s1. The van der Waals surface area contributed by atoms with Crippen LogP contribution in [0.3, 0.4) is 0 Å². The zero-order valence-electron chi connectivity index (χ0n) is 13.0. The van der Waals surface area contributed by atoms with Gasteiger partial charge in [-0.15, -0.1) is 0 Å². The molecule has 0 aliphatic heterocycles. The Bertz CT molecular complexity index is 701. The summed E-state index contributed by atoms with van der Waals surface area (Å²) in [6.45, 7) is 3.30. The summed E-state index contributed by atoms with van der Waals surface area (Å²) in [7, 11) is 0. The highest BCUT2D eigenvalue weighted by Crippen LogP contribution is 2.26. The van der Waals surface area contributed by atoms with Gasteiger partial charge in [0, 0.05) is 6.92 Å². The van der Waals surface area contributed by atoms with Crippen molar-refractivity contribution in [1.82, 2.24) is 5.32 Å². The first-order valence-corrected chi connectivity index (χ1v) is 7.62. The maximum absolute atomic E-state index is 12.2. The van der Waals surface area contributed by atoms with E-state index in [0.29, 0.717) is 10.8 Å². The fraction of sp³-hybridized carbons (Fsp3) is 0.222. The van der Waals surface area contributed by atoms with Crippen LogP contribution in [-0.4, -0.2) is 11.9 Å². The Morgan fingerprint density at radius 2 is 1.87 bits per heavy atom. The molecule has 4 nitrogen and oxygen atoms in total. The number of halogens is 1. The zero-order chi connectivity index (χ0) is 16.8. The maximum atomic E-state index is 12.2. The third-order valence-electron chi connectivity index (χ3n) is 3.26. The molecule has 0 fully saturated rings. The Hall–Kier alpha value is -2.33. The molecule has 23 heavy (non-hydrogen) atoms. The topological polar surface area (TPSA) is 55.4 Å². The van der Waals surface area contributed by atoms with Gasteiger partial charge in [0.05, 0.1) is 17.5 Å². The number of carbonyl (C=O) groups excluding carboxylic acids is 2. The largest absolute Gasteiger partial charge is 0.425 e. The molecule has 0 bridgehead atoms. The average molecular weight is 332 g/mol. The van der Waals surface area contributed by atoms with E-state index >= 15 is 0 Å². The molecule has 120 valence electrons. The molecule has 0 unspecified atom stereocenters. The highest BCUT2D eigenvalue weighted by atomic mass is 35.5. The predicted octanol–water partition coefficient (Wildman–Crippen LogP) is 3.82. The van der Waals surface area contributed by atoms with Gasteiger partial charge in [-0.3, -0.25) is 9.59 Å². The van der Waals surface area contributed by atoms with Gasteiger partial charge in [0.25, 0.3) is 0 Å². The van der Waals surface area contributed by atoms with Gasteiger partial charge in [-0.1, -0.05) is 48.0 Å². The van der Waals surface area contributed by atoms with E-state index in [-0.39, 0.29) is 12.3 Å². The zero-order valence-corrected chi connectivity index (χ0v) is 13.8. The van der Waals surface area contributed by atoms with Crippen LogP contribution in [0.25, 0.3) is 0 Å². The Morgan fingerprint density at radius 1 is 1.17 bits per heavy atom. The SMILES string of the molecule is CC(=O)N[C@@H](CC(=O)Oc1cc(C)ccc1Cl)c1ccccc1. The molecule has 2 rings (SSSR count). The molecule has 5 heteroatoms. The summed E-state index contributed by atoms with van der Waals surface area (Å²) < 4.78 is 5.34. The number of esters is 1. The van der Waals surface area contributed by atoms with Crippen molar-refractivity contribution in [2.24, 2.45) is 0 Å². The average Bonchev–Trinajstić information content (AvgIpc) is 2.51. The molecular formula is C18H18ClNO3. The van der Waals surface area contributed by atoms with E-state index in [4.69, 9.17) is 16.3 Å². The van der Waals surface area contributed by atoms with Crippen LogP contribution in [0.4, 0.5) is 0 Å². The molecule has 2 aromatic carbocycles. The van der Waals surface area contributed by atoms with Crippen LogP contribution in [-0.2, 0) is 9.59 Å². The lowest BCUT2D eigenvalue weighted by Gasteiger charge is -2.17. The number of carbonyl (C=O) groups is 2. The minimum atomic E-state index is -0.458. The fourth-order valence-corrected chi connectivity index (χ4v) is 2.36. The summed E-state index contributed by atoms with van der Waals surface area (Å²) >= 11 is 6.03. The second kappa shape index (κ2) is 7.79. The quantitative estimate of drug-likeness (QED) is 0.669. The third-order valence-corrected chi connectivity index (χ3v) is 3.57. The summed E-state index contributed by atoms with van der Waals surface area (Å²) in [6, 6.07) is 14.1. The predicted molar refractivity (Wildman–Crippen MR) is 89.4 cm³/mol. The van der Waals surface area contributed by atoms with Gasteiger partial charge in [0.15, 0.2) is 0 Å². The van der Waals surface area contributed by atoms with E-state index in [1.165, 1.54) is 6.92 Å². The van der Waals surface area contributed by atoms with E-state index in [0.717, 1.165) is 11.1 Å². The number of benzene rings is 2. The lowest BCUT2D eigenvalue weighted by atomic mass is 10.0. The highest BCUT2D eigenvalue weighted by molar-refractivity contribution is 6.32. The summed E-state index contributed by atoms with van der Waals surface area (Å²) in [5.74, 6) is -0.341. The molecule has 1 amide bonds. The van der Waals surface area contributed by atoms with Crippen LogP contribution in [0.2, 0.25) is 5.02 Å². The second-order valence-corrected chi connectivity index (χ2v) is 5.68. The molecule has 0 aliphatic carbocycles. The molecule has 0 heterocycles. The van der Waals surface area contributed by atoms with Crippen molar-refractivity contribution < 1.29 is 14.3 Å². The highest BCUT2D eigenvalue weighted by Gasteiger charge is 2.19. The van der Waals surface area contributed by atoms with Crippen molar-refractivity contribution in [2.75, 3.05) is 0 Å². The molecule has 2 aromatic rings. The van der Waals surface area contributed by atoms with Crippen LogP contribution in [0, 0.1) is 6.92 Å². The van der Waals surface area contributed by atoms with E-state index < -0.39 is 12.0 Å². The summed E-state index contributed by atoms with van der Waals surface area (Å²) in [6.07, 6.45) is 0.0217. The van der Waals surface area contributed by atoms with Crippen molar-refractivity contribution >= 4 is 23.5 Å². The van der Waals surface area contributed by atoms with Crippen LogP contribution in [0.5, 0.6) is 5.75 Å². The molecule has 0 aliphatic rings. The third kappa shape index (κ3) is 5.11. The van der Waals surface area contributed by atoms with Crippen molar-refractivity contribution in [3.8, 4) is 5.75 Å². The Kier molecular flexibility index (Phi) is 5.77. The Balaban J connectivity index is 2.11. The molecule has 1 atom stereocenters. The summed E-state index contributed by atoms with van der Waals surface area (Å²) in [5.41, 5.74) is 1.79. The molecule has 0 saturated heterocycles. The van der Waals surface area contributed by atoms with Crippen molar-refractivity contribution in [2.45, 2.75) is 26.3 Å². The number of ether oxygens (including phenoxy) is 1. The number of aryl methyl sites for hydroxylation is 1. The van der Waals surface area contributed by atoms with Gasteiger partial charge < -0.3 is 10.1 Å². The smallest absolute Gasteiger partial charge is 0.313 e. The molecular weight excluding hydrogens is 314 g/mol. The lowest BCUT2D eigenvalue weighted by molar-refractivity contribution is -0.135. The fourth-order valence-electron chi connectivity index (χ4n) is 2.20. The van der Waals surface area contributed by atoms with Gasteiger partial charge in [0.1, 0.15) is 5.75 Å². The second-order valence-electron chi connectivity index (χ2n) is 5.28. The number of rotatable bonds is 5. The van der Waals surface area contributed by atoms with Crippen LogP contribution >= 0.6 is 11.6 Å². The van der Waals surface area contributed by atoms with Crippen molar-refractivity contribution in [3.05, 3.63) is 64.7 Å². The van der Waals surface area contributed by atoms with E-state index in [1.807, 2.05) is 43.3 Å². The van der Waals surface area contributed by atoms with E-state index in [1.54, 1.807) is 12.1 Å².